The van der Waals surface area contributed by atoms with E-state index in [9.17, 15) is 0 Å². The van der Waals surface area contributed by atoms with E-state index in [0.717, 1.165) is 27.2 Å². The highest BCUT2D eigenvalue weighted by Gasteiger charge is 2.02. The van der Waals surface area contributed by atoms with E-state index in [-0.39, 0.29) is 0 Å². The molecule has 0 saturated carbocycles. The van der Waals surface area contributed by atoms with Crippen molar-refractivity contribution >= 4 is 33.0 Å². The number of aromatic nitrogens is 1. The Kier molecular flexibility index (Phi) is 3.10. The molecule has 82 valence electrons. The molecule has 0 radical (unpaired) electrons. The quantitative estimate of drug-likeness (QED) is 0.653. The van der Waals surface area contributed by atoms with Crippen LogP contribution in [0.25, 0.3) is 0 Å². The summed E-state index contributed by atoms with van der Waals surface area (Å²) in [6.45, 7) is 2.02. The number of nitrogens with one attached hydrogen (secondary N) is 1. The van der Waals surface area contributed by atoms with Crippen LogP contribution >= 0.6 is 15.9 Å². The van der Waals surface area contributed by atoms with Crippen LogP contribution in [0.3, 0.4) is 0 Å². The average Bonchev–Trinajstić information content (AvgIpc) is 2.25. The Morgan fingerprint density at radius 3 is 2.69 bits per heavy atom. The van der Waals surface area contributed by atoms with Gasteiger partial charge in [-0.3, -0.25) is 0 Å². The molecule has 1 aromatic heterocycles. The van der Waals surface area contributed by atoms with Gasteiger partial charge in [0, 0.05) is 0 Å². The summed E-state index contributed by atoms with van der Waals surface area (Å²) < 4.78 is 0.830. The zero-order valence-corrected chi connectivity index (χ0v) is 10.5. The van der Waals surface area contributed by atoms with Crippen molar-refractivity contribution in [3.8, 4) is 0 Å². The lowest BCUT2D eigenvalue weighted by molar-refractivity contribution is 1.24. The average molecular weight is 278 g/mol. The topological polar surface area (TPSA) is 50.9 Å². The molecule has 0 aliphatic carbocycles. The van der Waals surface area contributed by atoms with Crippen molar-refractivity contribution in [2.75, 3.05) is 11.1 Å². The Hall–Kier alpha value is -1.55. The summed E-state index contributed by atoms with van der Waals surface area (Å²) in [5, 5.41) is 3.26. The lowest BCUT2D eigenvalue weighted by Crippen LogP contribution is -1.98. The first kappa shape index (κ1) is 11.0. The van der Waals surface area contributed by atoms with Crippen LogP contribution in [0, 0.1) is 6.92 Å². The molecule has 2 aromatic rings. The number of para-hydroxylation sites is 2. The van der Waals surface area contributed by atoms with Gasteiger partial charge < -0.3 is 11.1 Å². The van der Waals surface area contributed by atoms with Gasteiger partial charge in [0.2, 0.25) is 0 Å². The molecule has 2 rings (SSSR count). The number of rotatable bonds is 2. The number of hydrogen-bond donors (Lipinski definition) is 2. The van der Waals surface area contributed by atoms with Gasteiger partial charge in [0.15, 0.2) is 0 Å². The molecule has 1 heterocycles. The number of aryl methyl sites for hydroxylation is 1. The third kappa shape index (κ3) is 2.33. The van der Waals surface area contributed by atoms with Gasteiger partial charge >= 0.3 is 0 Å². The van der Waals surface area contributed by atoms with Gasteiger partial charge in [-0.15, -0.1) is 0 Å². The maximum atomic E-state index is 5.86. The molecule has 0 bridgehead atoms. The smallest absolute Gasteiger partial charge is 0.106 e. The molecule has 0 fully saturated rings. The first-order chi connectivity index (χ1) is 7.66. The molecular weight excluding hydrogens is 266 g/mol. The van der Waals surface area contributed by atoms with Crippen molar-refractivity contribution in [3.05, 3.63) is 46.7 Å². The van der Waals surface area contributed by atoms with E-state index in [1.807, 2.05) is 37.3 Å². The second-order valence-corrected chi connectivity index (χ2v) is 4.35. The summed E-state index contributed by atoms with van der Waals surface area (Å²) in [6, 6.07) is 9.62. The van der Waals surface area contributed by atoms with Crippen molar-refractivity contribution in [1.29, 1.82) is 0 Å². The normalized spacial score (nSPS) is 10.1. The fourth-order valence-corrected chi connectivity index (χ4v) is 1.85. The summed E-state index contributed by atoms with van der Waals surface area (Å²) >= 11 is 3.33. The molecule has 3 N–H and O–H groups in total. The number of pyridine rings is 1. The predicted octanol–water partition coefficient (Wildman–Crippen LogP) is 3.48. The molecule has 0 saturated heterocycles. The fourth-order valence-electron chi connectivity index (χ4n) is 1.41. The highest BCUT2D eigenvalue weighted by Crippen LogP contribution is 2.25. The Morgan fingerprint density at radius 1 is 1.25 bits per heavy atom. The van der Waals surface area contributed by atoms with Gasteiger partial charge in [0.05, 0.1) is 23.3 Å². The second kappa shape index (κ2) is 4.53. The monoisotopic (exact) mass is 277 g/mol. The molecule has 1 aromatic carbocycles. The van der Waals surface area contributed by atoms with Crippen molar-refractivity contribution in [2.45, 2.75) is 6.92 Å². The molecule has 0 amide bonds. The van der Waals surface area contributed by atoms with Crippen molar-refractivity contribution in [1.82, 2.24) is 4.98 Å². The first-order valence-electron chi connectivity index (χ1n) is 4.90. The highest BCUT2D eigenvalue weighted by atomic mass is 79.9. The van der Waals surface area contributed by atoms with E-state index in [4.69, 9.17) is 5.73 Å². The van der Waals surface area contributed by atoms with Crippen molar-refractivity contribution in [3.63, 3.8) is 0 Å². The lowest BCUT2D eigenvalue weighted by Gasteiger charge is -2.11. The van der Waals surface area contributed by atoms with Crippen molar-refractivity contribution in [2.24, 2.45) is 0 Å². The fraction of sp³-hybridized carbons (Fsp3) is 0.0833. The van der Waals surface area contributed by atoms with Gasteiger partial charge in [-0.1, -0.05) is 12.1 Å². The van der Waals surface area contributed by atoms with Crippen LogP contribution in [0.5, 0.6) is 0 Å². The predicted molar refractivity (Wildman–Crippen MR) is 70.8 cm³/mol. The second-order valence-electron chi connectivity index (χ2n) is 3.53. The van der Waals surface area contributed by atoms with Crippen LogP contribution < -0.4 is 11.1 Å². The Balaban J connectivity index is 2.31. The van der Waals surface area contributed by atoms with E-state index >= 15 is 0 Å². The van der Waals surface area contributed by atoms with Crippen LogP contribution in [0.4, 0.5) is 17.1 Å². The number of nitrogen functional groups attached to an aromatic ring is 1. The number of nitrogens with two attached hydrogens (primary N) is 1. The standard InChI is InChI=1S/C12H12BrN3/c1-8-6-12(13)15-7-11(8)16-10-5-3-2-4-9(10)14/h2-7,16H,14H2,1H3. The zero-order valence-electron chi connectivity index (χ0n) is 8.87. The Labute approximate surface area is 103 Å². The Morgan fingerprint density at radius 2 is 2.00 bits per heavy atom. The van der Waals surface area contributed by atoms with Crippen LogP contribution in [0.15, 0.2) is 41.1 Å². The molecule has 16 heavy (non-hydrogen) atoms. The molecule has 0 atom stereocenters. The molecular formula is C12H12BrN3. The van der Waals surface area contributed by atoms with E-state index in [1.165, 1.54) is 0 Å². The third-order valence-corrected chi connectivity index (χ3v) is 2.74. The number of anilines is 3. The minimum Gasteiger partial charge on any atom is -0.397 e. The van der Waals surface area contributed by atoms with Crippen LogP contribution in [-0.4, -0.2) is 4.98 Å². The number of hydrogen-bond acceptors (Lipinski definition) is 3. The SMILES string of the molecule is Cc1cc(Br)ncc1Nc1ccccc1N. The Bertz CT molecular complexity index is 511. The highest BCUT2D eigenvalue weighted by molar-refractivity contribution is 9.10. The molecule has 3 nitrogen and oxygen atoms in total. The van der Waals surface area contributed by atoms with Crippen LogP contribution in [-0.2, 0) is 0 Å². The molecule has 4 heteroatoms. The van der Waals surface area contributed by atoms with Gasteiger partial charge in [0.25, 0.3) is 0 Å². The minimum absolute atomic E-state index is 0.727. The number of halogens is 1. The summed E-state index contributed by atoms with van der Waals surface area (Å²) in [5.41, 5.74) is 9.56. The van der Waals surface area contributed by atoms with Gasteiger partial charge in [-0.2, -0.15) is 0 Å². The summed E-state index contributed by atoms with van der Waals surface area (Å²) in [4.78, 5) is 4.18. The summed E-state index contributed by atoms with van der Waals surface area (Å²) in [7, 11) is 0. The number of nitrogens with zero attached hydrogens (tertiary/aromatic N) is 1. The lowest BCUT2D eigenvalue weighted by atomic mass is 10.2. The first-order valence-corrected chi connectivity index (χ1v) is 5.70. The molecule has 0 spiro atoms. The molecule has 0 aliphatic rings. The molecule has 0 aliphatic heterocycles. The van der Waals surface area contributed by atoms with Gasteiger partial charge in [-0.25, -0.2) is 4.98 Å². The third-order valence-electron chi connectivity index (χ3n) is 2.31. The number of benzene rings is 1. The summed E-state index contributed by atoms with van der Waals surface area (Å²) in [5.74, 6) is 0. The van der Waals surface area contributed by atoms with Crippen LogP contribution in [0.1, 0.15) is 5.56 Å². The zero-order chi connectivity index (χ0) is 11.5. The van der Waals surface area contributed by atoms with E-state index < -0.39 is 0 Å². The van der Waals surface area contributed by atoms with E-state index in [2.05, 4.69) is 26.2 Å². The van der Waals surface area contributed by atoms with Gasteiger partial charge in [0.1, 0.15) is 4.60 Å². The minimum atomic E-state index is 0.727. The van der Waals surface area contributed by atoms with E-state index in [0.29, 0.717) is 0 Å². The van der Waals surface area contributed by atoms with E-state index in [1.54, 1.807) is 6.20 Å². The van der Waals surface area contributed by atoms with Crippen LogP contribution in [0.2, 0.25) is 0 Å². The largest absolute Gasteiger partial charge is 0.397 e. The van der Waals surface area contributed by atoms with Gasteiger partial charge in [-0.05, 0) is 46.6 Å². The molecule has 0 unspecified atom stereocenters. The summed E-state index contributed by atoms with van der Waals surface area (Å²) in [6.07, 6.45) is 1.78. The maximum absolute atomic E-state index is 5.86. The van der Waals surface area contributed by atoms with Crippen molar-refractivity contribution < 1.29 is 0 Å². The maximum Gasteiger partial charge on any atom is 0.106 e.